The quantitative estimate of drug-likeness (QED) is 0.402. The summed E-state index contributed by atoms with van der Waals surface area (Å²) >= 11 is 0. The average Bonchev–Trinajstić information content (AvgIpc) is 3.52. The van der Waals surface area contributed by atoms with E-state index in [1.54, 1.807) is 27.7 Å². The first-order valence-electron chi connectivity index (χ1n) is 11.8. The number of benzene rings is 2. The molecule has 3 heterocycles. The molecule has 188 valence electrons. The molecule has 2 unspecified atom stereocenters. The number of halogens is 1. The smallest absolute Gasteiger partial charge is 0.306 e. The number of rotatable bonds is 7. The van der Waals surface area contributed by atoms with Crippen LogP contribution in [-0.4, -0.2) is 49.9 Å². The number of aryl methyl sites for hydroxylation is 1. The Bertz CT molecular complexity index is 1510. The van der Waals surface area contributed by atoms with E-state index >= 15 is 0 Å². The second-order valence-electron chi connectivity index (χ2n) is 8.98. The summed E-state index contributed by atoms with van der Waals surface area (Å²) in [6, 6.07) is 10.8. The molecule has 4 aromatic rings. The van der Waals surface area contributed by atoms with Gasteiger partial charge in [0.15, 0.2) is 0 Å². The molecule has 1 aliphatic rings. The number of hydrogen-bond acceptors (Lipinski definition) is 5. The van der Waals surface area contributed by atoms with Gasteiger partial charge in [-0.15, -0.1) is 0 Å². The number of piperidine rings is 1. The van der Waals surface area contributed by atoms with Crippen molar-refractivity contribution in [2.24, 2.45) is 5.92 Å². The number of hydrogen-bond donors (Lipinski definition) is 1. The first-order valence-corrected chi connectivity index (χ1v) is 13.2. The van der Waals surface area contributed by atoms with Crippen molar-refractivity contribution < 1.29 is 22.7 Å². The van der Waals surface area contributed by atoms with Crippen molar-refractivity contribution >= 4 is 26.9 Å². The summed E-state index contributed by atoms with van der Waals surface area (Å²) in [7, 11) is -3.90. The van der Waals surface area contributed by atoms with Gasteiger partial charge < -0.3 is 5.11 Å². The number of sulfonamides is 1. The fourth-order valence-electron chi connectivity index (χ4n) is 4.77. The Kier molecular flexibility index (Phi) is 6.35. The molecule has 1 fully saturated rings. The third-order valence-electron chi connectivity index (χ3n) is 6.62. The number of carboxylic acids is 1. The fraction of sp³-hybridized carbons (Fsp3) is 0.320. The van der Waals surface area contributed by atoms with E-state index in [4.69, 9.17) is 0 Å². The minimum Gasteiger partial charge on any atom is -0.481 e. The molecule has 2 atom stereocenters. The van der Waals surface area contributed by atoms with E-state index in [-0.39, 0.29) is 30.1 Å². The lowest BCUT2D eigenvalue weighted by molar-refractivity contribution is -0.143. The van der Waals surface area contributed by atoms with Crippen LogP contribution in [0.4, 0.5) is 4.39 Å². The Balaban J connectivity index is 1.53. The van der Waals surface area contributed by atoms with Gasteiger partial charge in [-0.05, 0) is 61.2 Å². The molecule has 1 aliphatic heterocycles. The van der Waals surface area contributed by atoms with Crippen LogP contribution in [0.2, 0.25) is 0 Å². The second-order valence-corrected chi connectivity index (χ2v) is 10.9. The number of fused-ring (bicyclic) bond motifs is 1. The predicted octanol–water partition coefficient (Wildman–Crippen LogP) is 4.00. The molecule has 0 amide bonds. The van der Waals surface area contributed by atoms with Crippen LogP contribution in [0.5, 0.6) is 0 Å². The van der Waals surface area contributed by atoms with E-state index < -0.39 is 28.0 Å². The van der Waals surface area contributed by atoms with Gasteiger partial charge >= 0.3 is 5.97 Å². The molecule has 5 rings (SSSR count). The summed E-state index contributed by atoms with van der Waals surface area (Å²) in [5.74, 6) is -1.93. The van der Waals surface area contributed by atoms with Crippen molar-refractivity contribution in [2.75, 3.05) is 6.54 Å². The molecular weight excluding hydrogens is 485 g/mol. The van der Waals surface area contributed by atoms with Crippen molar-refractivity contribution in [2.45, 2.75) is 43.7 Å². The molecule has 0 radical (unpaired) electrons. The summed E-state index contributed by atoms with van der Waals surface area (Å²) in [5, 5.41) is 19.0. The minimum atomic E-state index is -3.90. The van der Waals surface area contributed by atoms with Gasteiger partial charge in [-0.1, -0.05) is 13.0 Å². The second kappa shape index (κ2) is 9.47. The highest BCUT2D eigenvalue weighted by Gasteiger charge is 2.40. The lowest BCUT2D eigenvalue weighted by Gasteiger charge is -2.37. The Morgan fingerprint density at radius 1 is 1.14 bits per heavy atom. The minimum absolute atomic E-state index is 0.0931. The van der Waals surface area contributed by atoms with Gasteiger partial charge in [-0.2, -0.15) is 14.5 Å². The summed E-state index contributed by atoms with van der Waals surface area (Å²) in [5.41, 5.74) is 2.15. The highest BCUT2D eigenvalue weighted by Crippen LogP contribution is 2.39. The van der Waals surface area contributed by atoms with Crippen LogP contribution in [0, 0.1) is 11.7 Å². The topological polar surface area (TPSA) is 110 Å². The number of nitrogens with zero attached hydrogens (tertiary/aromatic N) is 5. The SMILES string of the molecule is CCCn1cc(S(=O)(=O)N2CCC(C(=O)O)CC2c2ccc3c(cnn3-c3ccc(F)cc3)c2)cn1. The van der Waals surface area contributed by atoms with Gasteiger partial charge in [0, 0.05) is 24.7 Å². The molecular formula is C25H26FN5O4S. The molecule has 0 saturated carbocycles. The molecule has 11 heteroatoms. The highest BCUT2D eigenvalue weighted by atomic mass is 32.2. The summed E-state index contributed by atoms with van der Waals surface area (Å²) in [4.78, 5) is 11.9. The Hall–Kier alpha value is -3.57. The van der Waals surface area contributed by atoms with Crippen LogP contribution in [0.15, 0.2) is 66.0 Å². The number of carbonyl (C=O) groups is 1. The van der Waals surface area contributed by atoms with Gasteiger partial charge in [-0.3, -0.25) is 9.48 Å². The van der Waals surface area contributed by atoms with Crippen LogP contribution < -0.4 is 0 Å². The van der Waals surface area contributed by atoms with E-state index in [1.165, 1.54) is 28.8 Å². The molecule has 9 nitrogen and oxygen atoms in total. The standard InChI is InChI=1S/C25H26FN5O4S/c1-2-10-29-16-22(15-27-29)36(34,35)30-11-9-18(25(32)33)13-24(30)17-3-8-23-19(12-17)14-28-31(23)21-6-4-20(26)5-7-21/h3-8,12,14-16,18,24H,2,9-11,13H2,1H3,(H,32,33). The van der Waals surface area contributed by atoms with Crippen LogP contribution in [0.1, 0.15) is 37.8 Å². The molecule has 0 aliphatic carbocycles. The van der Waals surface area contributed by atoms with Crippen molar-refractivity contribution in [1.82, 2.24) is 23.9 Å². The van der Waals surface area contributed by atoms with Crippen LogP contribution in [-0.2, 0) is 21.4 Å². The van der Waals surface area contributed by atoms with Gasteiger partial charge in [-0.25, -0.2) is 17.5 Å². The largest absolute Gasteiger partial charge is 0.481 e. The van der Waals surface area contributed by atoms with Gasteiger partial charge in [0.2, 0.25) is 10.0 Å². The van der Waals surface area contributed by atoms with E-state index in [0.29, 0.717) is 17.8 Å². The molecule has 2 aromatic heterocycles. The lowest BCUT2D eigenvalue weighted by Crippen LogP contribution is -2.42. The maximum absolute atomic E-state index is 13.6. The van der Waals surface area contributed by atoms with E-state index in [0.717, 1.165) is 17.3 Å². The zero-order chi connectivity index (χ0) is 25.4. The Morgan fingerprint density at radius 3 is 2.64 bits per heavy atom. The van der Waals surface area contributed by atoms with Gasteiger partial charge in [0.25, 0.3) is 0 Å². The highest BCUT2D eigenvalue weighted by molar-refractivity contribution is 7.89. The van der Waals surface area contributed by atoms with Crippen LogP contribution in [0.25, 0.3) is 16.6 Å². The van der Waals surface area contributed by atoms with Crippen LogP contribution >= 0.6 is 0 Å². The third kappa shape index (κ3) is 4.40. The normalized spacial score (nSPS) is 19.1. The first kappa shape index (κ1) is 24.1. The summed E-state index contributed by atoms with van der Waals surface area (Å²) < 4.78 is 45.3. The van der Waals surface area contributed by atoms with Gasteiger partial charge in [0.05, 0.1) is 35.6 Å². The lowest BCUT2D eigenvalue weighted by atomic mass is 9.88. The Labute approximate surface area is 207 Å². The zero-order valence-electron chi connectivity index (χ0n) is 19.7. The number of aliphatic carboxylic acids is 1. The van der Waals surface area contributed by atoms with E-state index in [9.17, 15) is 22.7 Å². The zero-order valence-corrected chi connectivity index (χ0v) is 20.5. The molecule has 1 saturated heterocycles. The van der Waals surface area contributed by atoms with Gasteiger partial charge in [0.1, 0.15) is 10.7 Å². The third-order valence-corrected chi connectivity index (χ3v) is 8.48. The fourth-order valence-corrected chi connectivity index (χ4v) is 6.36. The molecule has 0 bridgehead atoms. The summed E-state index contributed by atoms with van der Waals surface area (Å²) in [6.45, 7) is 2.68. The Morgan fingerprint density at radius 2 is 1.92 bits per heavy atom. The number of aromatic nitrogens is 4. The van der Waals surface area contributed by atoms with E-state index in [1.807, 2.05) is 25.1 Å². The molecule has 2 aromatic carbocycles. The van der Waals surface area contributed by atoms with Crippen molar-refractivity contribution in [1.29, 1.82) is 0 Å². The molecule has 36 heavy (non-hydrogen) atoms. The monoisotopic (exact) mass is 511 g/mol. The average molecular weight is 512 g/mol. The predicted molar refractivity (Wildman–Crippen MR) is 131 cm³/mol. The first-order chi connectivity index (χ1) is 17.3. The summed E-state index contributed by atoms with van der Waals surface area (Å²) in [6.07, 6.45) is 5.75. The molecule has 1 N–H and O–H groups in total. The molecule has 0 spiro atoms. The van der Waals surface area contributed by atoms with E-state index in [2.05, 4.69) is 10.2 Å². The maximum atomic E-state index is 13.6. The van der Waals surface area contributed by atoms with Crippen molar-refractivity contribution in [3.05, 3.63) is 72.4 Å². The van der Waals surface area contributed by atoms with Crippen molar-refractivity contribution in [3.63, 3.8) is 0 Å². The maximum Gasteiger partial charge on any atom is 0.306 e. The van der Waals surface area contributed by atoms with Crippen molar-refractivity contribution in [3.8, 4) is 5.69 Å². The number of carboxylic acid groups (broad SMARTS) is 1. The van der Waals surface area contributed by atoms with Crippen LogP contribution in [0.3, 0.4) is 0 Å².